The van der Waals surface area contributed by atoms with Gasteiger partial charge < -0.3 is 15.3 Å². The Morgan fingerprint density at radius 2 is 1.67 bits per heavy atom. The average Bonchev–Trinajstić information content (AvgIpc) is 2.91. The molecule has 0 aromatic carbocycles. The molecule has 1 saturated heterocycles. The van der Waals surface area contributed by atoms with Crippen molar-refractivity contribution in [3.63, 3.8) is 0 Å². The summed E-state index contributed by atoms with van der Waals surface area (Å²) in [4.78, 5) is 46.4. The summed E-state index contributed by atoms with van der Waals surface area (Å²) < 4.78 is 0. The number of likely N-dealkylation sites (tertiary alicyclic amines) is 1. The van der Waals surface area contributed by atoms with Crippen molar-refractivity contribution in [2.45, 2.75) is 38.5 Å². The molecule has 0 saturated carbocycles. The van der Waals surface area contributed by atoms with E-state index in [9.17, 15) is 19.2 Å². The Hall–Kier alpha value is -2.12. The molecule has 0 aromatic heterocycles. The molecule has 4 amide bonds. The predicted octanol–water partition coefficient (Wildman–Crippen LogP) is 0.0796. The van der Waals surface area contributed by atoms with Crippen LogP contribution < -0.4 is 10.6 Å². The van der Waals surface area contributed by atoms with Crippen LogP contribution in [0.5, 0.6) is 0 Å². The first-order valence-corrected chi connectivity index (χ1v) is 7.06. The first-order chi connectivity index (χ1) is 9.99. The summed E-state index contributed by atoms with van der Waals surface area (Å²) in [7, 11) is 0. The third kappa shape index (κ3) is 7.28. The van der Waals surface area contributed by atoms with Gasteiger partial charge >= 0.3 is 12.0 Å². The van der Waals surface area contributed by atoms with Crippen LogP contribution in [-0.4, -0.2) is 53.5 Å². The zero-order chi connectivity index (χ0) is 15.7. The lowest BCUT2D eigenvalue weighted by atomic mass is 10.2. The molecule has 0 aromatic rings. The normalized spacial score (nSPS) is 13.8. The van der Waals surface area contributed by atoms with Crippen molar-refractivity contribution >= 4 is 23.8 Å². The van der Waals surface area contributed by atoms with Crippen molar-refractivity contribution < 1.29 is 24.3 Å². The molecule has 0 radical (unpaired) electrons. The van der Waals surface area contributed by atoms with Crippen LogP contribution in [0.1, 0.15) is 38.5 Å². The lowest BCUT2D eigenvalue weighted by Crippen LogP contribution is -2.41. The van der Waals surface area contributed by atoms with Crippen LogP contribution in [0, 0.1) is 0 Å². The first-order valence-electron chi connectivity index (χ1n) is 7.06. The van der Waals surface area contributed by atoms with E-state index in [4.69, 9.17) is 5.11 Å². The molecule has 0 unspecified atom stereocenters. The minimum Gasteiger partial charge on any atom is -0.481 e. The molecule has 0 aliphatic carbocycles. The fraction of sp³-hybridized carbons (Fsp3) is 0.692. The number of aliphatic carboxylic acids is 1. The minimum absolute atomic E-state index is 0.000541. The second kappa shape index (κ2) is 8.93. The zero-order valence-corrected chi connectivity index (χ0v) is 11.9. The van der Waals surface area contributed by atoms with E-state index in [0.29, 0.717) is 0 Å². The lowest BCUT2D eigenvalue weighted by Gasteiger charge is -2.15. The number of carboxylic acid groups (broad SMARTS) is 1. The van der Waals surface area contributed by atoms with E-state index in [2.05, 4.69) is 10.6 Å². The summed E-state index contributed by atoms with van der Waals surface area (Å²) in [6, 6.07) is -0.662. The van der Waals surface area contributed by atoms with E-state index in [1.54, 1.807) is 4.90 Å². The first kappa shape index (κ1) is 16.9. The molecule has 0 atom stereocenters. The van der Waals surface area contributed by atoms with Crippen LogP contribution in [0.4, 0.5) is 4.79 Å². The van der Waals surface area contributed by atoms with Gasteiger partial charge in [-0.15, -0.1) is 0 Å². The SMILES string of the molecule is O=C(O)CCCC(=O)NC(=O)NCCC(=O)N1CCCC1. The van der Waals surface area contributed by atoms with Gasteiger partial charge in [-0.25, -0.2) is 4.79 Å². The molecule has 8 nitrogen and oxygen atoms in total. The standard InChI is InChI=1S/C13H21N3O5/c17-10(4-3-5-12(19)20)15-13(21)14-7-6-11(18)16-8-1-2-9-16/h1-9H2,(H,19,20)(H2,14,15,17,21). The average molecular weight is 299 g/mol. The minimum atomic E-state index is -0.979. The fourth-order valence-electron chi connectivity index (χ4n) is 2.04. The Morgan fingerprint density at radius 3 is 2.29 bits per heavy atom. The van der Waals surface area contributed by atoms with Crippen LogP contribution in [0.2, 0.25) is 0 Å². The summed E-state index contributed by atoms with van der Waals surface area (Å²) in [5.74, 6) is -1.51. The predicted molar refractivity (Wildman–Crippen MR) is 73.5 cm³/mol. The number of imide groups is 1. The fourth-order valence-corrected chi connectivity index (χ4v) is 2.04. The number of hydrogen-bond donors (Lipinski definition) is 3. The van der Waals surface area contributed by atoms with Gasteiger partial charge in [-0.2, -0.15) is 0 Å². The highest BCUT2D eigenvalue weighted by atomic mass is 16.4. The molecular formula is C13H21N3O5. The largest absolute Gasteiger partial charge is 0.481 e. The highest BCUT2D eigenvalue weighted by molar-refractivity contribution is 5.94. The third-order valence-electron chi connectivity index (χ3n) is 3.13. The van der Waals surface area contributed by atoms with Gasteiger partial charge in [0.1, 0.15) is 0 Å². The van der Waals surface area contributed by atoms with Gasteiger partial charge in [-0.3, -0.25) is 19.7 Å². The van der Waals surface area contributed by atoms with Crippen molar-refractivity contribution in [1.29, 1.82) is 0 Å². The molecule has 1 rings (SSSR count). The van der Waals surface area contributed by atoms with Gasteiger partial charge in [0.2, 0.25) is 11.8 Å². The quantitative estimate of drug-likeness (QED) is 0.615. The topological polar surface area (TPSA) is 116 Å². The van der Waals surface area contributed by atoms with E-state index in [1.807, 2.05) is 0 Å². The van der Waals surface area contributed by atoms with Gasteiger partial charge in [0.15, 0.2) is 0 Å². The molecule has 1 aliphatic rings. The number of urea groups is 1. The van der Waals surface area contributed by atoms with Gasteiger partial charge in [0, 0.05) is 38.9 Å². The Kier molecular flexibility index (Phi) is 7.20. The monoisotopic (exact) mass is 299 g/mol. The lowest BCUT2D eigenvalue weighted by molar-refractivity contribution is -0.137. The van der Waals surface area contributed by atoms with E-state index >= 15 is 0 Å². The number of nitrogens with one attached hydrogen (secondary N) is 2. The molecule has 21 heavy (non-hydrogen) atoms. The molecule has 3 N–H and O–H groups in total. The Labute approximate surface area is 122 Å². The molecule has 8 heteroatoms. The summed E-state index contributed by atoms with van der Waals surface area (Å²) >= 11 is 0. The molecule has 118 valence electrons. The Bertz CT molecular complexity index is 405. The number of amides is 4. The van der Waals surface area contributed by atoms with Gasteiger partial charge in [0.25, 0.3) is 0 Å². The van der Waals surface area contributed by atoms with Crippen LogP contribution in [0.15, 0.2) is 0 Å². The van der Waals surface area contributed by atoms with Crippen molar-refractivity contribution in [2.24, 2.45) is 0 Å². The van der Waals surface area contributed by atoms with Gasteiger partial charge in [0.05, 0.1) is 0 Å². The molecular weight excluding hydrogens is 278 g/mol. The summed E-state index contributed by atoms with van der Waals surface area (Å²) in [5, 5.41) is 12.9. The number of carbonyl (C=O) groups is 4. The smallest absolute Gasteiger partial charge is 0.321 e. The Morgan fingerprint density at radius 1 is 1.00 bits per heavy atom. The number of rotatable bonds is 7. The maximum absolute atomic E-state index is 11.7. The zero-order valence-electron chi connectivity index (χ0n) is 11.9. The van der Waals surface area contributed by atoms with Crippen LogP contribution in [-0.2, 0) is 14.4 Å². The van der Waals surface area contributed by atoms with E-state index in [0.717, 1.165) is 25.9 Å². The summed E-state index contributed by atoms with van der Waals surface area (Å²) in [6.45, 7) is 1.71. The number of carboxylic acids is 1. The third-order valence-corrected chi connectivity index (χ3v) is 3.13. The van der Waals surface area contributed by atoms with Crippen molar-refractivity contribution in [3.05, 3.63) is 0 Å². The van der Waals surface area contributed by atoms with E-state index < -0.39 is 17.9 Å². The number of hydrogen-bond acceptors (Lipinski definition) is 4. The molecule has 1 aliphatic heterocycles. The summed E-state index contributed by atoms with van der Waals surface area (Å²) in [5.41, 5.74) is 0. The van der Waals surface area contributed by atoms with E-state index in [1.165, 1.54) is 0 Å². The summed E-state index contributed by atoms with van der Waals surface area (Å²) in [6.07, 6.45) is 2.29. The molecule has 0 spiro atoms. The van der Waals surface area contributed by atoms with Crippen LogP contribution in [0.3, 0.4) is 0 Å². The molecule has 1 fully saturated rings. The highest BCUT2D eigenvalue weighted by Gasteiger charge is 2.17. The molecule has 0 bridgehead atoms. The number of carbonyl (C=O) groups excluding carboxylic acids is 3. The van der Waals surface area contributed by atoms with Crippen molar-refractivity contribution in [2.75, 3.05) is 19.6 Å². The maximum Gasteiger partial charge on any atom is 0.321 e. The van der Waals surface area contributed by atoms with Gasteiger partial charge in [-0.1, -0.05) is 0 Å². The second-order valence-corrected chi connectivity index (χ2v) is 4.89. The molecule has 1 heterocycles. The maximum atomic E-state index is 11.7. The Balaban J connectivity index is 2.08. The number of nitrogens with zero attached hydrogens (tertiary/aromatic N) is 1. The van der Waals surface area contributed by atoms with E-state index in [-0.39, 0.29) is 38.1 Å². The van der Waals surface area contributed by atoms with Crippen molar-refractivity contribution in [3.8, 4) is 0 Å². The van der Waals surface area contributed by atoms with Crippen LogP contribution >= 0.6 is 0 Å². The van der Waals surface area contributed by atoms with Crippen molar-refractivity contribution in [1.82, 2.24) is 15.5 Å². The highest BCUT2D eigenvalue weighted by Crippen LogP contribution is 2.08. The van der Waals surface area contributed by atoms with Crippen LogP contribution in [0.25, 0.3) is 0 Å². The second-order valence-electron chi connectivity index (χ2n) is 4.89. The van der Waals surface area contributed by atoms with Gasteiger partial charge in [-0.05, 0) is 19.3 Å².